The molecule has 0 nitrogen and oxygen atoms in total. The monoisotopic (exact) mass is 212 g/mol. The molecule has 1 aromatic carbocycles. The Kier molecular flexibility index (Phi) is 5.79. The molecule has 0 radical (unpaired) electrons. The lowest BCUT2D eigenvalue weighted by molar-refractivity contribution is 0.968. The predicted octanol–water partition coefficient (Wildman–Crippen LogP) is 4.31. The first-order valence-corrected chi connectivity index (χ1v) is 5.77. The molecule has 1 rings (SSSR count). The van der Waals surface area contributed by atoms with E-state index in [1.165, 1.54) is 4.90 Å². The Morgan fingerprint density at radius 2 is 2.00 bits per heavy atom. The minimum Gasteiger partial charge on any atom is -0.127 e. The molecule has 0 aliphatic rings. The Morgan fingerprint density at radius 3 is 2.69 bits per heavy atom. The summed E-state index contributed by atoms with van der Waals surface area (Å²) in [4.78, 5) is 1.28. The highest BCUT2D eigenvalue weighted by Crippen LogP contribution is 2.18. The van der Waals surface area contributed by atoms with Crippen LogP contribution in [0.25, 0.3) is 0 Å². The van der Waals surface area contributed by atoms with Gasteiger partial charge in [0.15, 0.2) is 0 Å². The Hall–Kier alpha value is -0.400. The molecule has 2 heteroatoms. The van der Waals surface area contributed by atoms with E-state index in [0.717, 1.165) is 18.7 Å². The van der Waals surface area contributed by atoms with Crippen LogP contribution < -0.4 is 0 Å². The molecule has 0 aromatic heterocycles. The number of hydrogen-bond donors (Lipinski definition) is 0. The van der Waals surface area contributed by atoms with Crippen LogP contribution in [-0.2, 0) is 0 Å². The number of halogens is 1. The van der Waals surface area contributed by atoms with Crippen molar-refractivity contribution >= 4 is 23.4 Å². The van der Waals surface area contributed by atoms with Gasteiger partial charge < -0.3 is 0 Å². The van der Waals surface area contributed by atoms with Gasteiger partial charge in [0, 0.05) is 10.8 Å². The first-order chi connectivity index (χ1) is 6.43. The fraction of sp³-hybridized carbons (Fsp3) is 0.273. The van der Waals surface area contributed by atoms with Crippen LogP contribution in [0.3, 0.4) is 0 Å². The zero-order valence-electron chi connectivity index (χ0n) is 7.45. The molecule has 0 saturated heterocycles. The summed E-state index contributed by atoms with van der Waals surface area (Å²) in [6.07, 6.45) is 4.30. The largest absolute Gasteiger partial charge is 0.127 e. The summed E-state index contributed by atoms with van der Waals surface area (Å²) in [6, 6.07) is 10.3. The maximum atomic E-state index is 5.56. The van der Waals surface area contributed by atoms with E-state index >= 15 is 0 Å². The lowest BCUT2D eigenvalue weighted by atomic mass is 10.3. The van der Waals surface area contributed by atoms with Crippen LogP contribution >= 0.6 is 23.4 Å². The SMILES string of the molecule is ClCCC/C=C\Sc1ccccc1. The molecular weight excluding hydrogens is 200 g/mol. The van der Waals surface area contributed by atoms with Crippen LogP contribution in [-0.4, -0.2) is 5.88 Å². The summed E-state index contributed by atoms with van der Waals surface area (Å²) >= 11 is 7.30. The van der Waals surface area contributed by atoms with Gasteiger partial charge in [-0.15, -0.1) is 11.6 Å². The topological polar surface area (TPSA) is 0 Å². The molecule has 13 heavy (non-hydrogen) atoms. The van der Waals surface area contributed by atoms with Gasteiger partial charge in [0.2, 0.25) is 0 Å². The quantitative estimate of drug-likeness (QED) is 0.398. The lowest BCUT2D eigenvalue weighted by Gasteiger charge is -1.93. The molecule has 0 bridgehead atoms. The van der Waals surface area contributed by atoms with E-state index in [0.29, 0.717) is 0 Å². The van der Waals surface area contributed by atoms with Crippen molar-refractivity contribution in [1.29, 1.82) is 0 Å². The molecule has 0 aliphatic carbocycles. The molecule has 0 atom stereocenters. The summed E-state index contributed by atoms with van der Waals surface area (Å²) in [5.41, 5.74) is 0. The smallest absolute Gasteiger partial charge is 0.0226 e. The van der Waals surface area contributed by atoms with E-state index in [2.05, 4.69) is 35.7 Å². The number of thioether (sulfide) groups is 1. The molecule has 0 unspecified atom stereocenters. The standard InChI is InChI=1S/C11H13ClS/c12-9-5-2-6-10-13-11-7-3-1-4-8-11/h1,3-4,6-8,10H,2,5,9H2/b10-6-. The van der Waals surface area contributed by atoms with Crippen LogP contribution in [0, 0.1) is 0 Å². The highest BCUT2D eigenvalue weighted by Gasteiger charge is 1.85. The molecule has 70 valence electrons. The minimum atomic E-state index is 0.750. The highest BCUT2D eigenvalue weighted by atomic mass is 35.5. The van der Waals surface area contributed by atoms with Gasteiger partial charge in [-0.3, -0.25) is 0 Å². The van der Waals surface area contributed by atoms with Crippen molar-refractivity contribution < 1.29 is 0 Å². The van der Waals surface area contributed by atoms with Crippen LogP contribution in [0.2, 0.25) is 0 Å². The molecular formula is C11H13ClS. The van der Waals surface area contributed by atoms with E-state index in [1.807, 2.05) is 6.07 Å². The van der Waals surface area contributed by atoms with Crippen molar-refractivity contribution in [3.05, 3.63) is 41.8 Å². The zero-order chi connectivity index (χ0) is 9.36. The molecule has 0 amide bonds. The lowest BCUT2D eigenvalue weighted by Crippen LogP contribution is -1.70. The molecule has 1 aromatic rings. The molecule has 0 aliphatic heterocycles. The number of alkyl halides is 1. The van der Waals surface area contributed by atoms with Crippen LogP contribution in [0.1, 0.15) is 12.8 Å². The third-order valence-electron chi connectivity index (χ3n) is 1.55. The van der Waals surface area contributed by atoms with Gasteiger partial charge in [-0.05, 0) is 30.4 Å². The van der Waals surface area contributed by atoms with Crippen molar-refractivity contribution in [1.82, 2.24) is 0 Å². The average molecular weight is 213 g/mol. The second kappa shape index (κ2) is 7.05. The van der Waals surface area contributed by atoms with E-state index in [9.17, 15) is 0 Å². The first-order valence-electron chi connectivity index (χ1n) is 4.36. The van der Waals surface area contributed by atoms with E-state index < -0.39 is 0 Å². The van der Waals surface area contributed by atoms with Crippen LogP contribution in [0.15, 0.2) is 46.7 Å². The molecule has 0 fully saturated rings. The predicted molar refractivity (Wildman–Crippen MR) is 61.4 cm³/mol. The Bertz CT molecular complexity index is 244. The maximum absolute atomic E-state index is 5.56. The van der Waals surface area contributed by atoms with Crippen molar-refractivity contribution in [2.75, 3.05) is 5.88 Å². The molecule has 0 saturated carbocycles. The summed E-state index contributed by atoms with van der Waals surface area (Å²) in [5.74, 6) is 0.750. The van der Waals surface area contributed by atoms with Gasteiger partial charge >= 0.3 is 0 Å². The number of unbranched alkanes of at least 4 members (excludes halogenated alkanes) is 1. The third kappa shape index (κ3) is 5.02. The van der Waals surface area contributed by atoms with Gasteiger partial charge in [-0.1, -0.05) is 36.0 Å². The van der Waals surface area contributed by atoms with Crippen LogP contribution in [0.4, 0.5) is 0 Å². The second-order valence-electron chi connectivity index (χ2n) is 2.63. The molecule has 0 heterocycles. The van der Waals surface area contributed by atoms with Gasteiger partial charge in [0.25, 0.3) is 0 Å². The normalized spacial score (nSPS) is 10.8. The Morgan fingerprint density at radius 1 is 1.23 bits per heavy atom. The van der Waals surface area contributed by atoms with Crippen molar-refractivity contribution in [2.24, 2.45) is 0 Å². The summed E-state index contributed by atoms with van der Waals surface area (Å²) in [6.45, 7) is 0. The molecule has 0 N–H and O–H groups in total. The van der Waals surface area contributed by atoms with Crippen molar-refractivity contribution in [2.45, 2.75) is 17.7 Å². The Balaban J connectivity index is 2.23. The zero-order valence-corrected chi connectivity index (χ0v) is 9.02. The van der Waals surface area contributed by atoms with Gasteiger partial charge in [0.05, 0.1) is 0 Å². The average Bonchev–Trinajstić information content (AvgIpc) is 2.19. The van der Waals surface area contributed by atoms with E-state index in [1.54, 1.807) is 11.8 Å². The number of allylic oxidation sites excluding steroid dienone is 1. The van der Waals surface area contributed by atoms with Gasteiger partial charge in [-0.25, -0.2) is 0 Å². The maximum Gasteiger partial charge on any atom is 0.0226 e. The fourth-order valence-electron chi connectivity index (χ4n) is 0.889. The third-order valence-corrected chi connectivity index (χ3v) is 2.69. The van der Waals surface area contributed by atoms with Gasteiger partial charge in [-0.2, -0.15) is 0 Å². The summed E-state index contributed by atoms with van der Waals surface area (Å²) in [5, 5.41) is 2.13. The van der Waals surface area contributed by atoms with Crippen molar-refractivity contribution in [3.63, 3.8) is 0 Å². The van der Waals surface area contributed by atoms with E-state index in [4.69, 9.17) is 11.6 Å². The highest BCUT2D eigenvalue weighted by molar-refractivity contribution is 8.02. The minimum absolute atomic E-state index is 0.750. The summed E-state index contributed by atoms with van der Waals surface area (Å²) in [7, 11) is 0. The summed E-state index contributed by atoms with van der Waals surface area (Å²) < 4.78 is 0. The van der Waals surface area contributed by atoms with E-state index in [-0.39, 0.29) is 0 Å². The number of benzene rings is 1. The first kappa shape index (κ1) is 10.7. The number of rotatable bonds is 5. The molecule has 0 spiro atoms. The fourth-order valence-corrected chi connectivity index (χ4v) is 1.75. The second-order valence-corrected chi connectivity index (χ2v) is 3.99. The Labute approximate surface area is 89.0 Å². The van der Waals surface area contributed by atoms with Gasteiger partial charge in [0.1, 0.15) is 0 Å². The van der Waals surface area contributed by atoms with Crippen LogP contribution in [0.5, 0.6) is 0 Å². The van der Waals surface area contributed by atoms with Crippen molar-refractivity contribution in [3.8, 4) is 0 Å². The number of hydrogen-bond acceptors (Lipinski definition) is 1.